The molecule has 5 N–H and O–H groups in total. The fourth-order valence-electron chi connectivity index (χ4n) is 3.87. The van der Waals surface area contributed by atoms with Crippen molar-refractivity contribution < 1.29 is 29.2 Å². The second-order valence-electron chi connectivity index (χ2n) is 8.76. The van der Waals surface area contributed by atoms with Gasteiger partial charge in [0.15, 0.2) is 0 Å². The number of nitrogens with zero attached hydrogens (tertiary/aromatic N) is 2. The van der Waals surface area contributed by atoms with E-state index in [0.29, 0.717) is 32.6 Å². The molecule has 0 aliphatic carbocycles. The normalized spacial score (nSPS) is 16.6. The van der Waals surface area contributed by atoms with Crippen LogP contribution in [-0.2, 0) is 20.7 Å². The summed E-state index contributed by atoms with van der Waals surface area (Å²) in [6.45, 7) is 1.62. The van der Waals surface area contributed by atoms with Gasteiger partial charge in [-0.1, -0.05) is 30.3 Å². The number of hydrogen-bond donors (Lipinski definition) is 5. The molecule has 1 aliphatic heterocycles. The Kier molecular flexibility index (Phi) is 10.8. The molecule has 3 atom stereocenters. The number of nitrogens with one attached hydrogen (secondary N) is 3. The number of hydrogen-bond acceptors (Lipinski definition) is 8. The van der Waals surface area contributed by atoms with E-state index < -0.39 is 36.8 Å². The molecule has 2 heterocycles. The van der Waals surface area contributed by atoms with Crippen molar-refractivity contribution in [2.75, 3.05) is 19.8 Å². The predicted molar refractivity (Wildman–Crippen MR) is 131 cm³/mol. The molecule has 0 radical (unpaired) electrons. The zero-order valence-electron chi connectivity index (χ0n) is 20.0. The van der Waals surface area contributed by atoms with Crippen LogP contribution >= 0.6 is 0 Å². The quantitative estimate of drug-likeness (QED) is 0.234. The Morgan fingerprint density at radius 2 is 1.94 bits per heavy atom. The topological polar surface area (TPSA) is 163 Å². The minimum Gasteiger partial charge on any atom is -0.426 e. The zero-order chi connectivity index (χ0) is 25.8. The van der Waals surface area contributed by atoms with Gasteiger partial charge < -0.3 is 30.7 Å². The van der Waals surface area contributed by atoms with E-state index in [1.54, 1.807) is 0 Å². The van der Waals surface area contributed by atoms with Gasteiger partial charge in [0.1, 0.15) is 11.7 Å². The molecule has 2 unspecified atom stereocenters. The molecule has 12 heteroatoms. The standard InChI is InChI=1S/C24H32BN5O6/c31-22(28-14-18-9-12-36-16-18)13-19(29-24(33)20-15-26-10-11-27-20)23(32)30-21(25(34)35)8-4-7-17-5-2-1-3-6-17/h1-3,5-6,10-11,15,18-19,21,34-35H,4,7-9,12-14,16H2,(H,28,31)(H,29,33)(H,30,32)/t18?,19?,21-/m0/s1. The average molecular weight is 497 g/mol. The molecule has 2 aromatic rings. The van der Waals surface area contributed by atoms with Gasteiger partial charge in [-0.3, -0.25) is 19.4 Å². The van der Waals surface area contributed by atoms with Gasteiger partial charge >= 0.3 is 7.12 Å². The van der Waals surface area contributed by atoms with Gasteiger partial charge in [-0.15, -0.1) is 0 Å². The SMILES string of the molecule is O=C(CC(NC(=O)c1cnccn1)C(=O)N[C@@H](CCCc1ccccc1)B(O)O)NCC1CCOC1. The number of aromatic nitrogens is 2. The molecule has 192 valence electrons. The van der Waals surface area contributed by atoms with Crippen molar-refractivity contribution in [2.45, 2.75) is 44.1 Å². The van der Waals surface area contributed by atoms with E-state index in [1.165, 1.54) is 18.6 Å². The van der Waals surface area contributed by atoms with Gasteiger partial charge in [-0.05, 0) is 31.2 Å². The molecular weight excluding hydrogens is 465 g/mol. The Morgan fingerprint density at radius 1 is 1.14 bits per heavy atom. The number of carbonyl (C=O) groups is 3. The lowest BCUT2D eigenvalue weighted by atomic mass is 9.76. The van der Waals surface area contributed by atoms with Crippen LogP contribution in [0, 0.1) is 5.92 Å². The molecule has 1 aromatic heterocycles. The van der Waals surface area contributed by atoms with Gasteiger partial charge in [0.25, 0.3) is 5.91 Å². The van der Waals surface area contributed by atoms with E-state index in [4.69, 9.17) is 4.74 Å². The number of aryl methyl sites for hydroxylation is 1. The summed E-state index contributed by atoms with van der Waals surface area (Å²) in [5, 5.41) is 27.5. The maximum absolute atomic E-state index is 13.1. The summed E-state index contributed by atoms with van der Waals surface area (Å²) >= 11 is 0. The number of rotatable bonds is 13. The van der Waals surface area contributed by atoms with Crippen molar-refractivity contribution in [1.29, 1.82) is 0 Å². The Morgan fingerprint density at radius 3 is 2.61 bits per heavy atom. The molecule has 1 fully saturated rings. The van der Waals surface area contributed by atoms with Gasteiger partial charge in [-0.25, -0.2) is 4.98 Å². The molecule has 0 bridgehead atoms. The summed E-state index contributed by atoms with van der Waals surface area (Å²) < 4.78 is 5.30. The average Bonchev–Trinajstić information content (AvgIpc) is 3.41. The monoisotopic (exact) mass is 497 g/mol. The number of ether oxygens (including phenoxy) is 1. The van der Waals surface area contributed by atoms with E-state index in [1.807, 2.05) is 30.3 Å². The summed E-state index contributed by atoms with van der Waals surface area (Å²) in [7, 11) is -1.81. The maximum atomic E-state index is 13.1. The molecule has 0 saturated carbocycles. The van der Waals surface area contributed by atoms with Crippen LogP contribution in [0.4, 0.5) is 0 Å². The third-order valence-electron chi connectivity index (χ3n) is 5.93. The van der Waals surface area contributed by atoms with Crippen molar-refractivity contribution in [3.63, 3.8) is 0 Å². The van der Waals surface area contributed by atoms with Crippen molar-refractivity contribution in [2.24, 2.45) is 5.92 Å². The third kappa shape index (κ3) is 9.02. The lowest BCUT2D eigenvalue weighted by Gasteiger charge is -2.23. The fourth-order valence-corrected chi connectivity index (χ4v) is 3.87. The maximum Gasteiger partial charge on any atom is 0.475 e. The van der Waals surface area contributed by atoms with Gasteiger partial charge in [-0.2, -0.15) is 0 Å². The smallest absolute Gasteiger partial charge is 0.426 e. The highest BCUT2D eigenvalue weighted by Crippen LogP contribution is 2.11. The van der Waals surface area contributed by atoms with Crippen molar-refractivity contribution in [1.82, 2.24) is 25.9 Å². The second-order valence-corrected chi connectivity index (χ2v) is 8.76. The predicted octanol–water partition coefficient (Wildman–Crippen LogP) is -0.362. The summed E-state index contributed by atoms with van der Waals surface area (Å²) in [6.07, 6.45) is 6.07. The second kappa shape index (κ2) is 14.3. The molecule has 1 saturated heterocycles. The van der Waals surface area contributed by atoms with Gasteiger partial charge in [0.05, 0.1) is 25.2 Å². The molecule has 3 rings (SSSR count). The highest BCUT2D eigenvalue weighted by Gasteiger charge is 2.31. The first-order chi connectivity index (χ1) is 17.4. The van der Waals surface area contributed by atoms with Crippen LogP contribution in [0.15, 0.2) is 48.9 Å². The van der Waals surface area contributed by atoms with Crippen LogP contribution < -0.4 is 16.0 Å². The minimum atomic E-state index is -1.81. The molecular formula is C24H32BN5O6. The van der Waals surface area contributed by atoms with Crippen LogP contribution in [-0.4, -0.2) is 76.6 Å². The van der Waals surface area contributed by atoms with Gasteiger partial charge in [0, 0.05) is 31.5 Å². The summed E-state index contributed by atoms with van der Waals surface area (Å²) in [5.74, 6) is -2.58. The molecule has 1 aromatic carbocycles. The Bertz CT molecular complexity index is 975. The zero-order valence-corrected chi connectivity index (χ0v) is 20.0. The minimum absolute atomic E-state index is 0.0135. The number of benzene rings is 1. The summed E-state index contributed by atoms with van der Waals surface area (Å²) in [4.78, 5) is 46.0. The Hall–Kier alpha value is -3.35. The van der Waals surface area contributed by atoms with Crippen molar-refractivity contribution in [3.05, 3.63) is 60.2 Å². The molecule has 11 nitrogen and oxygen atoms in total. The van der Waals surface area contributed by atoms with Crippen molar-refractivity contribution >= 4 is 24.8 Å². The van der Waals surface area contributed by atoms with E-state index >= 15 is 0 Å². The van der Waals surface area contributed by atoms with Gasteiger partial charge in [0.2, 0.25) is 11.8 Å². The third-order valence-corrected chi connectivity index (χ3v) is 5.93. The summed E-state index contributed by atoms with van der Waals surface area (Å²) in [5.41, 5.74) is 1.08. The van der Waals surface area contributed by atoms with E-state index in [-0.39, 0.29) is 24.5 Å². The highest BCUT2D eigenvalue weighted by molar-refractivity contribution is 6.43. The molecule has 3 amide bonds. The van der Waals surface area contributed by atoms with E-state index in [0.717, 1.165) is 12.0 Å². The molecule has 0 spiro atoms. The first kappa shape index (κ1) is 27.2. The van der Waals surface area contributed by atoms with Crippen LogP contribution in [0.25, 0.3) is 0 Å². The first-order valence-corrected chi connectivity index (χ1v) is 12.0. The largest absolute Gasteiger partial charge is 0.475 e. The Balaban J connectivity index is 1.60. The lowest BCUT2D eigenvalue weighted by Crippen LogP contribution is -2.55. The van der Waals surface area contributed by atoms with Crippen LogP contribution in [0.3, 0.4) is 0 Å². The first-order valence-electron chi connectivity index (χ1n) is 12.0. The van der Waals surface area contributed by atoms with E-state index in [9.17, 15) is 24.4 Å². The fraction of sp³-hybridized carbons (Fsp3) is 0.458. The highest BCUT2D eigenvalue weighted by atomic mass is 16.5. The van der Waals surface area contributed by atoms with Crippen LogP contribution in [0.5, 0.6) is 0 Å². The summed E-state index contributed by atoms with van der Waals surface area (Å²) in [6, 6.07) is 8.44. The lowest BCUT2D eigenvalue weighted by molar-refractivity contribution is -0.128. The Labute approximate surface area is 210 Å². The number of amides is 3. The van der Waals surface area contributed by atoms with Crippen LogP contribution in [0.1, 0.15) is 41.7 Å². The molecule has 1 aliphatic rings. The van der Waals surface area contributed by atoms with Crippen molar-refractivity contribution in [3.8, 4) is 0 Å². The van der Waals surface area contributed by atoms with Crippen LogP contribution in [0.2, 0.25) is 0 Å². The number of carbonyl (C=O) groups excluding carboxylic acids is 3. The molecule has 36 heavy (non-hydrogen) atoms. The van der Waals surface area contributed by atoms with E-state index in [2.05, 4.69) is 25.9 Å².